The van der Waals surface area contributed by atoms with Crippen LogP contribution in [0.1, 0.15) is 5.56 Å². The van der Waals surface area contributed by atoms with E-state index < -0.39 is 5.41 Å². The lowest BCUT2D eigenvalue weighted by atomic mass is 9.80. The summed E-state index contributed by atoms with van der Waals surface area (Å²) in [6.45, 7) is 0.895. The molecule has 1 aliphatic heterocycles. The lowest BCUT2D eigenvalue weighted by Crippen LogP contribution is -2.51. The van der Waals surface area contributed by atoms with Gasteiger partial charge < -0.3 is 14.0 Å². The van der Waals surface area contributed by atoms with E-state index >= 15 is 0 Å². The second kappa shape index (κ2) is 4.38. The first-order valence-electron chi connectivity index (χ1n) is 6.35. The second-order valence-corrected chi connectivity index (χ2v) is 5.22. The molecule has 2 heterocycles. The van der Waals surface area contributed by atoms with Gasteiger partial charge in [0.2, 0.25) is 0 Å². The van der Waals surface area contributed by atoms with Gasteiger partial charge in [0.15, 0.2) is 0 Å². The molecule has 1 fully saturated rings. The molecular weight excluding hydrogens is 242 g/mol. The number of rotatable bonds is 3. The Kier molecular flexibility index (Phi) is 2.82. The lowest BCUT2D eigenvalue weighted by molar-refractivity contribution is -0.182. The van der Waals surface area contributed by atoms with Crippen molar-refractivity contribution in [1.82, 2.24) is 4.57 Å². The quantitative estimate of drug-likeness (QED) is 0.791. The molecule has 19 heavy (non-hydrogen) atoms. The van der Waals surface area contributed by atoms with Crippen molar-refractivity contribution in [1.29, 1.82) is 0 Å². The van der Waals surface area contributed by atoms with Crippen LogP contribution in [0.5, 0.6) is 0 Å². The van der Waals surface area contributed by atoms with Crippen molar-refractivity contribution >= 4 is 16.9 Å². The van der Waals surface area contributed by atoms with Crippen LogP contribution in [0.15, 0.2) is 30.5 Å². The van der Waals surface area contributed by atoms with Gasteiger partial charge in [-0.15, -0.1) is 0 Å². The molecule has 0 aliphatic carbocycles. The number of fused-ring (bicyclic) bond motifs is 1. The van der Waals surface area contributed by atoms with E-state index in [1.807, 2.05) is 19.2 Å². The molecule has 1 saturated heterocycles. The summed E-state index contributed by atoms with van der Waals surface area (Å²) in [6.07, 6.45) is 2.76. The van der Waals surface area contributed by atoms with Crippen molar-refractivity contribution in [2.24, 2.45) is 12.5 Å². The molecule has 2 aromatic rings. The van der Waals surface area contributed by atoms with E-state index in [-0.39, 0.29) is 5.97 Å². The van der Waals surface area contributed by atoms with E-state index in [1.165, 1.54) is 23.6 Å². The van der Waals surface area contributed by atoms with Gasteiger partial charge in [-0.3, -0.25) is 4.79 Å². The molecule has 0 spiro atoms. The number of aromatic nitrogens is 1. The molecule has 0 radical (unpaired) electrons. The fourth-order valence-corrected chi connectivity index (χ4v) is 2.79. The molecule has 4 heteroatoms. The zero-order valence-corrected chi connectivity index (χ0v) is 11.2. The van der Waals surface area contributed by atoms with Crippen LogP contribution in [0.4, 0.5) is 0 Å². The number of benzene rings is 1. The smallest absolute Gasteiger partial charge is 0.316 e. The Labute approximate surface area is 111 Å². The van der Waals surface area contributed by atoms with E-state index in [0.29, 0.717) is 19.6 Å². The zero-order chi connectivity index (χ0) is 13.5. The summed E-state index contributed by atoms with van der Waals surface area (Å²) in [5.74, 6) is -0.174. The molecule has 3 rings (SSSR count). The van der Waals surface area contributed by atoms with Gasteiger partial charge in [-0.25, -0.2) is 0 Å². The van der Waals surface area contributed by atoms with Crippen LogP contribution in [0.2, 0.25) is 0 Å². The maximum atomic E-state index is 12.0. The van der Waals surface area contributed by atoms with Gasteiger partial charge in [0.05, 0.1) is 20.3 Å². The van der Waals surface area contributed by atoms with Crippen LogP contribution in [0.3, 0.4) is 0 Å². The van der Waals surface area contributed by atoms with Gasteiger partial charge in [0.25, 0.3) is 0 Å². The van der Waals surface area contributed by atoms with E-state index in [0.717, 1.165) is 0 Å². The van der Waals surface area contributed by atoms with Crippen LogP contribution in [-0.4, -0.2) is 30.9 Å². The first-order chi connectivity index (χ1) is 9.16. The van der Waals surface area contributed by atoms with Gasteiger partial charge in [-0.05, 0) is 18.1 Å². The molecule has 0 N–H and O–H groups in total. The summed E-state index contributed by atoms with van der Waals surface area (Å²) in [5, 5.41) is 1.19. The van der Waals surface area contributed by atoms with Crippen LogP contribution in [0, 0.1) is 5.41 Å². The molecule has 4 nitrogen and oxygen atoms in total. The van der Waals surface area contributed by atoms with Crippen molar-refractivity contribution in [3.63, 3.8) is 0 Å². The Hall–Kier alpha value is -1.81. The fraction of sp³-hybridized carbons (Fsp3) is 0.400. The van der Waals surface area contributed by atoms with Crippen molar-refractivity contribution in [2.45, 2.75) is 6.42 Å². The van der Waals surface area contributed by atoms with Crippen molar-refractivity contribution in [3.05, 3.63) is 36.0 Å². The highest BCUT2D eigenvalue weighted by atomic mass is 16.5. The van der Waals surface area contributed by atoms with Gasteiger partial charge in [0, 0.05) is 24.1 Å². The minimum Gasteiger partial charge on any atom is -0.468 e. The summed E-state index contributed by atoms with van der Waals surface area (Å²) < 4.78 is 12.3. The number of hydrogen-bond acceptors (Lipinski definition) is 3. The third-order valence-electron chi connectivity index (χ3n) is 3.88. The number of aryl methyl sites for hydroxylation is 1. The minimum atomic E-state index is -0.501. The minimum absolute atomic E-state index is 0.174. The number of esters is 1. The Balaban J connectivity index is 1.99. The van der Waals surface area contributed by atoms with E-state index in [2.05, 4.69) is 22.9 Å². The van der Waals surface area contributed by atoms with Gasteiger partial charge in [0.1, 0.15) is 5.41 Å². The Morgan fingerprint density at radius 2 is 2.16 bits per heavy atom. The molecular formula is C15H17NO3. The molecule has 1 aromatic carbocycles. The van der Waals surface area contributed by atoms with E-state index in [1.54, 1.807) is 0 Å². The predicted octanol–water partition coefficient (Wildman–Crippen LogP) is 1.91. The van der Waals surface area contributed by atoms with Crippen molar-refractivity contribution in [3.8, 4) is 0 Å². The predicted molar refractivity (Wildman–Crippen MR) is 71.9 cm³/mol. The van der Waals surface area contributed by atoms with E-state index in [9.17, 15) is 4.79 Å². The van der Waals surface area contributed by atoms with Crippen molar-refractivity contribution < 1.29 is 14.3 Å². The summed E-state index contributed by atoms with van der Waals surface area (Å²) in [7, 11) is 3.46. The molecule has 0 bridgehead atoms. The van der Waals surface area contributed by atoms with Crippen LogP contribution in [0.25, 0.3) is 10.9 Å². The Bertz CT molecular complexity index is 625. The van der Waals surface area contributed by atoms with Crippen LogP contribution in [-0.2, 0) is 27.7 Å². The number of hydrogen-bond donors (Lipinski definition) is 0. The molecule has 100 valence electrons. The monoisotopic (exact) mass is 259 g/mol. The Morgan fingerprint density at radius 3 is 2.79 bits per heavy atom. The average Bonchev–Trinajstić information content (AvgIpc) is 2.70. The SMILES string of the molecule is COC(=O)C1(Cc2cn(C)c3ccccc23)COC1. The average molecular weight is 259 g/mol. The van der Waals surface area contributed by atoms with Crippen LogP contribution < -0.4 is 0 Å². The van der Waals surface area contributed by atoms with Crippen molar-refractivity contribution in [2.75, 3.05) is 20.3 Å². The lowest BCUT2D eigenvalue weighted by Gasteiger charge is -2.38. The normalized spacial score (nSPS) is 17.2. The second-order valence-electron chi connectivity index (χ2n) is 5.22. The number of ether oxygens (including phenoxy) is 2. The van der Waals surface area contributed by atoms with Gasteiger partial charge in [-0.1, -0.05) is 18.2 Å². The first kappa shape index (κ1) is 12.2. The van der Waals surface area contributed by atoms with Gasteiger partial charge in [-0.2, -0.15) is 0 Å². The molecule has 0 amide bonds. The highest BCUT2D eigenvalue weighted by Crippen LogP contribution is 2.35. The number of carbonyl (C=O) groups is 1. The third kappa shape index (κ3) is 1.83. The zero-order valence-electron chi connectivity index (χ0n) is 11.2. The molecule has 1 aromatic heterocycles. The first-order valence-corrected chi connectivity index (χ1v) is 6.35. The number of carbonyl (C=O) groups excluding carboxylic acids is 1. The highest BCUT2D eigenvalue weighted by Gasteiger charge is 2.47. The summed E-state index contributed by atoms with van der Waals surface area (Å²) >= 11 is 0. The van der Waals surface area contributed by atoms with Crippen LogP contribution >= 0.6 is 0 Å². The molecule has 0 atom stereocenters. The number of para-hydroxylation sites is 1. The standard InChI is InChI=1S/C15H17NO3/c1-16-8-11(12-5-3-4-6-13(12)16)7-15(9-19-10-15)14(17)18-2/h3-6,8H,7,9-10H2,1-2H3. The molecule has 0 unspecified atom stereocenters. The number of nitrogens with zero attached hydrogens (tertiary/aromatic N) is 1. The maximum absolute atomic E-state index is 12.0. The maximum Gasteiger partial charge on any atom is 0.316 e. The third-order valence-corrected chi connectivity index (χ3v) is 3.88. The highest BCUT2D eigenvalue weighted by molar-refractivity contribution is 5.85. The van der Waals surface area contributed by atoms with Gasteiger partial charge >= 0.3 is 5.97 Å². The molecule has 1 aliphatic rings. The Morgan fingerprint density at radius 1 is 1.42 bits per heavy atom. The number of methoxy groups -OCH3 is 1. The summed E-state index contributed by atoms with van der Waals surface area (Å²) in [4.78, 5) is 12.0. The summed E-state index contributed by atoms with van der Waals surface area (Å²) in [6, 6.07) is 8.22. The summed E-state index contributed by atoms with van der Waals surface area (Å²) in [5.41, 5.74) is 1.85. The molecule has 0 saturated carbocycles. The fourth-order valence-electron chi connectivity index (χ4n) is 2.79. The topological polar surface area (TPSA) is 40.5 Å². The van der Waals surface area contributed by atoms with E-state index in [4.69, 9.17) is 9.47 Å². The largest absolute Gasteiger partial charge is 0.468 e.